The van der Waals surface area contributed by atoms with Gasteiger partial charge >= 0.3 is 0 Å². The molecule has 1 fully saturated rings. The molecule has 3 aromatic rings. The van der Waals surface area contributed by atoms with Crippen molar-refractivity contribution in [2.45, 2.75) is 38.8 Å². The lowest BCUT2D eigenvalue weighted by Crippen LogP contribution is -2.28. The monoisotopic (exact) mass is 492 g/mol. The van der Waals surface area contributed by atoms with E-state index in [2.05, 4.69) is 22.1 Å². The van der Waals surface area contributed by atoms with Gasteiger partial charge in [-0.2, -0.15) is 0 Å². The van der Waals surface area contributed by atoms with Crippen molar-refractivity contribution < 1.29 is 9.47 Å². The lowest BCUT2D eigenvalue weighted by Gasteiger charge is -2.21. The van der Waals surface area contributed by atoms with Crippen molar-refractivity contribution in [2.24, 2.45) is 0 Å². The minimum absolute atomic E-state index is 0.168. The van der Waals surface area contributed by atoms with Gasteiger partial charge in [0.15, 0.2) is 0 Å². The summed E-state index contributed by atoms with van der Waals surface area (Å²) in [5, 5.41) is 12.9. The highest BCUT2D eigenvalue weighted by atomic mass is 35.5. The second-order valence-corrected chi connectivity index (χ2v) is 9.32. The van der Waals surface area contributed by atoms with Crippen LogP contribution in [-0.4, -0.2) is 48.6 Å². The van der Waals surface area contributed by atoms with Gasteiger partial charge in [0.05, 0.1) is 19.3 Å². The van der Waals surface area contributed by atoms with Gasteiger partial charge in [-0.15, -0.1) is 0 Å². The van der Waals surface area contributed by atoms with Crippen LogP contribution in [0.4, 0.5) is 5.69 Å². The Hall–Kier alpha value is -3.09. The molecule has 7 heteroatoms. The van der Waals surface area contributed by atoms with Gasteiger partial charge in [-0.25, -0.2) is 4.98 Å². The van der Waals surface area contributed by atoms with Gasteiger partial charge in [-0.1, -0.05) is 29.8 Å². The number of anilines is 1. The number of methoxy groups -OCH3 is 1. The van der Waals surface area contributed by atoms with Crippen LogP contribution >= 0.6 is 11.6 Å². The highest BCUT2D eigenvalue weighted by molar-refractivity contribution is 6.30. The maximum atomic E-state index is 8.70. The largest absolute Gasteiger partial charge is 0.481 e. The maximum absolute atomic E-state index is 8.70. The van der Waals surface area contributed by atoms with Crippen molar-refractivity contribution in [2.75, 3.05) is 32.1 Å². The third kappa shape index (κ3) is 6.74. The van der Waals surface area contributed by atoms with Gasteiger partial charge in [0.1, 0.15) is 0 Å². The molecule has 1 atom stereocenters. The van der Waals surface area contributed by atoms with Crippen LogP contribution in [0.2, 0.25) is 5.02 Å². The number of aromatic nitrogens is 1. The molecule has 1 saturated heterocycles. The second kappa shape index (κ2) is 12.0. The molecule has 0 amide bonds. The molecule has 1 aliphatic rings. The number of hydrogen-bond donors (Lipinski definition) is 2. The predicted octanol–water partition coefficient (Wildman–Crippen LogP) is 6.24. The van der Waals surface area contributed by atoms with E-state index in [9.17, 15) is 0 Å². The molecule has 2 heterocycles. The van der Waals surface area contributed by atoms with Crippen LogP contribution in [0.15, 0.2) is 60.8 Å². The summed E-state index contributed by atoms with van der Waals surface area (Å²) in [6.45, 7) is 5.60. The Balaban J connectivity index is 1.47. The molecule has 1 unspecified atom stereocenters. The van der Waals surface area contributed by atoms with E-state index in [-0.39, 0.29) is 5.90 Å². The van der Waals surface area contributed by atoms with E-state index in [1.54, 1.807) is 13.3 Å². The predicted molar refractivity (Wildman–Crippen MR) is 143 cm³/mol. The van der Waals surface area contributed by atoms with Gasteiger partial charge in [0, 0.05) is 47.7 Å². The zero-order chi connectivity index (χ0) is 24.6. The molecular formula is C28H33ClN4O2. The van der Waals surface area contributed by atoms with E-state index in [1.165, 1.54) is 12.8 Å². The van der Waals surface area contributed by atoms with Gasteiger partial charge in [-0.05, 0) is 74.2 Å². The Morgan fingerprint density at radius 1 is 1.14 bits per heavy atom. The Morgan fingerprint density at radius 2 is 1.94 bits per heavy atom. The fourth-order valence-electron chi connectivity index (χ4n) is 4.38. The standard InChI is InChI=1S/C28H33ClN4O2/c1-20-5-3-14-33(20)15-4-16-35-28(30)25-17-22(23-9-13-27(34-2)32-19-23)8-12-26(25)31-18-21-6-10-24(29)11-7-21/h6-13,17,19-20,30-31H,3-5,14-16,18H2,1-2H3. The summed E-state index contributed by atoms with van der Waals surface area (Å²) in [7, 11) is 1.60. The molecule has 1 aromatic heterocycles. The molecular weight excluding hydrogens is 460 g/mol. The van der Waals surface area contributed by atoms with Gasteiger partial charge < -0.3 is 19.7 Å². The lowest BCUT2D eigenvalue weighted by atomic mass is 10.0. The molecule has 0 radical (unpaired) electrons. The highest BCUT2D eigenvalue weighted by Crippen LogP contribution is 2.27. The maximum Gasteiger partial charge on any atom is 0.215 e. The number of nitrogens with zero attached hydrogens (tertiary/aromatic N) is 2. The van der Waals surface area contributed by atoms with Gasteiger partial charge in [0.25, 0.3) is 0 Å². The quantitative estimate of drug-likeness (QED) is 0.199. The summed E-state index contributed by atoms with van der Waals surface area (Å²) in [5.41, 5.74) is 4.60. The fraction of sp³-hybridized carbons (Fsp3) is 0.357. The van der Waals surface area contributed by atoms with E-state index < -0.39 is 0 Å². The zero-order valence-electron chi connectivity index (χ0n) is 20.4. The summed E-state index contributed by atoms with van der Waals surface area (Å²) in [5.74, 6) is 0.736. The van der Waals surface area contributed by atoms with Crippen LogP contribution in [-0.2, 0) is 11.3 Å². The first kappa shape index (κ1) is 25.0. The van der Waals surface area contributed by atoms with Crippen molar-refractivity contribution in [3.63, 3.8) is 0 Å². The van der Waals surface area contributed by atoms with Crippen molar-refractivity contribution >= 4 is 23.2 Å². The summed E-state index contributed by atoms with van der Waals surface area (Å²) in [6, 6.07) is 18.2. The Kier molecular flexibility index (Phi) is 8.61. The minimum atomic E-state index is 0.168. The van der Waals surface area contributed by atoms with Crippen molar-refractivity contribution in [3.8, 4) is 17.0 Å². The number of rotatable bonds is 10. The van der Waals surface area contributed by atoms with Crippen LogP contribution in [0, 0.1) is 5.41 Å². The fourth-order valence-corrected chi connectivity index (χ4v) is 4.51. The van der Waals surface area contributed by atoms with Crippen LogP contribution in [0.25, 0.3) is 11.1 Å². The molecule has 2 N–H and O–H groups in total. The molecule has 0 saturated carbocycles. The van der Waals surface area contributed by atoms with Crippen molar-refractivity contribution in [3.05, 3.63) is 76.9 Å². The molecule has 0 aliphatic carbocycles. The van der Waals surface area contributed by atoms with Crippen molar-refractivity contribution in [1.82, 2.24) is 9.88 Å². The summed E-state index contributed by atoms with van der Waals surface area (Å²) < 4.78 is 11.1. The first-order valence-corrected chi connectivity index (χ1v) is 12.5. The van der Waals surface area contributed by atoms with Crippen molar-refractivity contribution in [1.29, 1.82) is 5.41 Å². The summed E-state index contributed by atoms with van der Waals surface area (Å²) >= 11 is 6.02. The smallest absolute Gasteiger partial charge is 0.215 e. The molecule has 0 spiro atoms. The van der Waals surface area contributed by atoms with E-state index in [0.717, 1.165) is 47.5 Å². The number of ether oxygens (including phenoxy) is 2. The Bertz CT molecular complexity index is 1120. The number of benzene rings is 2. The molecule has 184 valence electrons. The van der Waals surface area contributed by atoms with E-state index in [4.69, 9.17) is 26.5 Å². The highest BCUT2D eigenvalue weighted by Gasteiger charge is 2.19. The normalized spacial score (nSPS) is 15.7. The van der Waals surface area contributed by atoms with Crippen LogP contribution in [0.3, 0.4) is 0 Å². The average Bonchev–Trinajstić information content (AvgIpc) is 3.30. The first-order valence-electron chi connectivity index (χ1n) is 12.1. The van der Waals surface area contributed by atoms with Crippen LogP contribution in [0.5, 0.6) is 5.88 Å². The Morgan fingerprint density at radius 3 is 2.63 bits per heavy atom. The van der Waals surface area contributed by atoms with E-state index in [0.29, 0.717) is 30.1 Å². The average molecular weight is 493 g/mol. The number of pyridine rings is 1. The molecule has 2 aromatic carbocycles. The number of halogens is 1. The molecule has 1 aliphatic heterocycles. The third-order valence-electron chi connectivity index (χ3n) is 6.47. The first-order chi connectivity index (χ1) is 17.0. The lowest BCUT2D eigenvalue weighted by molar-refractivity contribution is 0.225. The van der Waals surface area contributed by atoms with Gasteiger partial charge in [-0.3, -0.25) is 5.41 Å². The van der Waals surface area contributed by atoms with Crippen LogP contribution in [0.1, 0.15) is 37.3 Å². The van der Waals surface area contributed by atoms with Gasteiger partial charge in [0.2, 0.25) is 11.8 Å². The SMILES string of the molecule is COc1ccc(-c2ccc(NCc3ccc(Cl)cc3)c(C(=N)OCCCN3CCCC3C)c2)cn1. The third-order valence-corrected chi connectivity index (χ3v) is 6.72. The molecule has 35 heavy (non-hydrogen) atoms. The zero-order valence-corrected chi connectivity index (χ0v) is 21.1. The topological polar surface area (TPSA) is 70.5 Å². The number of hydrogen-bond acceptors (Lipinski definition) is 6. The van der Waals surface area contributed by atoms with E-state index in [1.807, 2.05) is 54.6 Å². The number of likely N-dealkylation sites (tertiary alicyclic amines) is 1. The minimum Gasteiger partial charge on any atom is -0.481 e. The number of nitrogens with one attached hydrogen (secondary N) is 2. The Labute approximate surface area is 212 Å². The molecule has 4 rings (SSSR count). The van der Waals surface area contributed by atoms with Crippen LogP contribution < -0.4 is 10.1 Å². The molecule has 6 nitrogen and oxygen atoms in total. The summed E-state index contributed by atoms with van der Waals surface area (Å²) in [6.07, 6.45) is 5.22. The van der Waals surface area contributed by atoms with E-state index >= 15 is 0 Å². The second-order valence-electron chi connectivity index (χ2n) is 8.89. The summed E-state index contributed by atoms with van der Waals surface area (Å²) in [4.78, 5) is 6.82. The molecule has 0 bridgehead atoms.